The van der Waals surface area contributed by atoms with Crippen LogP contribution in [0.2, 0.25) is 5.02 Å². The number of aliphatic hydroxyl groups excluding tert-OH is 1. The largest absolute Gasteiger partial charge is 0.391 e. The van der Waals surface area contributed by atoms with E-state index in [-0.39, 0.29) is 12.1 Å². The third-order valence-electron chi connectivity index (χ3n) is 3.41. The SMILES string of the molecule is CN(/N=C/c1cccc(Cl)c1)[C@@H]1CCCC[C@H]1O. The van der Waals surface area contributed by atoms with E-state index < -0.39 is 0 Å². The lowest BCUT2D eigenvalue weighted by Crippen LogP contribution is -2.40. The number of aliphatic hydroxyl groups is 1. The van der Waals surface area contributed by atoms with Crippen LogP contribution in [0.25, 0.3) is 0 Å². The first-order chi connectivity index (χ1) is 8.66. The molecule has 2 rings (SSSR count). The van der Waals surface area contributed by atoms with Crippen molar-refractivity contribution >= 4 is 17.8 Å². The first kappa shape index (κ1) is 13.4. The third-order valence-corrected chi connectivity index (χ3v) is 3.65. The minimum atomic E-state index is -0.264. The molecule has 1 aliphatic rings. The van der Waals surface area contributed by atoms with Gasteiger partial charge in [-0.15, -0.1) is 0 Å². The maximum Gasteiger partial charge on any atom is 0.0759 e. The molecule has 1 aliphatic carbocycles. The van der Waals surface area contributed by atoms with Crippen LogP contribution in [0.3, 0.4) is 0 Å². The summed E-state index contributed by atoms with van der Waals surface area (Å²) in [5.74, 6) is 0. The summed E-state index contributed by atoms with van der Waals surface area (Å²) in [6, 6.07) is 7.71. The number of hydrogen-bond acceptors (Lipinski definition) is 3. The normalized spacial score (nSPS) is 24.4. The smallest absolute Gasteiger partial charge is 0.0759 e. The van der Waals surface area contributed by atoms with Crippen LogP contribution in [0, 0.1) is 0 Å². The Morgan fingerprint density at radius 1 is 1.39 bits per heavy atom. The highest BCUT2D eigenvalue weighted by Crippen LogP contribution is 2.22. The van der Waals surface area contributed by atoms with Crippen LogP contribution in [-0.2, 0) is 0 Å². The molecular weight excluding hydrogens is 248 g/mol. The molecule has 1 aromatic carbocycles. The highest BCUT2D eigenvalue weighted by atomic mass is 35.5. The minimum Gasteiger partial charge on any atom is -0.391 e. The van der Waals surface area contributed by atoms with Gasteiger partial charge in [-0.3, -0.25) is 5.01 Å². The molecule has 0 unspecified atom stereocenters. The van der Waals surface area contributed by atoms with Gasteiger partial charge in [0.1, 0.15) is 0 Å². The van der Waals surface area contributed by atoms with Crippen LogP contribution in [0.5, 0.6) is 0 Å². The van der Waals surface area contributed by atoms with Gasteiger partial charge in [-0.2, -0.15) is 5.10 Å². The van der Waals surface area contributed by atoms with E-state index >= 15 is 0 Å². The molecule has 0 aliphatic heterocycles. The summed E-state index contributed by atoms with van der Waals surface area (Å²) in [7, 11) is 1.92. The molecule has 0 heterocycles. The maximum absolute atomic E-state index is 9.94. The summed E-state index contributed by atoms with van der Waals surface area (Å²) in [6.45, 7) is 0. The van der Waals surface area contributed by atoms with Crippen LogP contribution in [0.15, 0.2) is 29.4 Å². The van der Waals surface area contributed by atoms with Crippen molar-refractivity contribution < 1.29 is 5.11 Å². The second kappa shape index (κ2) is 6.21. The summed E-state index contributed by atoms with van der Waals surface area (Å²) >= 11 is 5.92. The van der Waals surface area contributed by atoms with Gasteiger partial charge < -0.3 is 5.11 Å². The van der Waals surface area contributed by atoms with E-state index in [4.69, 9.17) is 11.6 Å². The van der Waals surface area contributed by atoms with Crippen LogP contribution in [-0.4, -0.2) is 35.5 Å². The van der Waals surface area contributed by atoms with Crippen LogP contribution in [0.1, 0.15) is 31.2 Å². The second-order valence-electron chi connectivity index (χ2n) is 4.79. The highest BCUT2D eigenvalue weighted by molar-refractivity contribution is 6.30. The molecule has 1 aromatic rings. The quantitative estimate of drug-likeness (QED) is 0.675. The standard InChI is InChI=1S/C14H19ClN2O/c1-17(13-7-2-3-8-14(13)18)16-10-11-5-4-6-12(15)9-11/h4-6,9-10,13-14,18H,2-3,7-8H2,1H3/b16-10+/t13-,14-/m1/s1. The van der Waals surface area contributed by atoms with Crippen molar-refractivity contribution in [3.05, 3.63) is 34.9 Å². The van der Waals surface area contributed by atoms with Gasteiger partial charge in [0.05, 0.1) is 18.4 Å². The van der Waals surface area contributed by atoms with E-state index in [0.717, 1.165) is 24.8 Å². The predicted molar refractivity (Wildman–Crippen MR) is 75.1 cm³/mol. The van der Waals surface area contributed by atoms with Gasteiger partial charge in [0, 0.05) is 12.1 Å². The molecule has 3 nitrogen and oxygen atoms in total. The zero-order chi connectivity index (χ0) is 13.0. The Bertz CT molecular complexity index is 422. The van der Waals surface area contributed by atoms with E-state index in [1.807, 2.05) is 36.3 Å². The fourth-order valence-corrected chi connectivity index (χ4v) is 2.56. The van der Waals surface area contributed by atoms with E-state index in [9.17, 15) is 5.11 Å². The number of nitrogens with zero attached hydrogens (tertiary/aromatic N) is 2. The molecule has 0 saturated heterocycles. The zero-order valence-electron chi connectivity index (χ0n) is 10.6. The Labute approximate surface area is 113 Å². The molecule has 1 saturated carbocycles. The van der Waals surface area contributed by atoms with Gasteiger partial charge in [-0.25, -0.2) is 0 Å². The molecule has 98 valence electrons. The van der Waals surface area contributed by atoms with Crippen molar-refractivity contribution in [1.29, 1.82) is 0 Å². The summed E-state index contributed by atoms with van der Waals surface area (Å²) in [6.07, 6.45) is 5.68. The van der Waals surface area contributed by atoms with Gasteiger partial charge in [0.2, 0.25) is 0 Å². The molecule has 0 radical (unpaired) electrons. The first-order valence-corrected chi connectivity index (χ1v) is 6.75. The minimum absolute atomic E-state index is 0.134. The summed E-state index contributed by atoms with van der Waals surface area (Å²) < 4.78 is 0. The molecule has 0 spiro atoms. The summed E-state index contributed by atoms with van der Waals surface area (Å²) in [5.41, 5.74) is 0.972. The maximum atomic E-state index is 9.94. The van der Waals surface area contributed by atoms with Crippen molar-refractivity contribution in [3.63, 3.8) is 0 Å². The van der Waals surface area contributed by atoms with Crippen LogP contribution in [0.4, 0.5) is 0 Å². The number of hydrazone groups is 1. The number of benzene rings is 1. The number of rotatable bonds is 3. The average Bonchev–Trinajstić information content (AvgIpc) is 2.37. The Balaban J connectivity index is 1.99. The lowest BCUT2D eigenvalue weighted by Gasteiger charge is -2.33. The fourth-order valence-electron chi connectivity index (χ4n) is 2.36. The molecule has 0 amide bonds. The van der Waals surface area contributed by atoms with Gasteiger partial charge >= 0.3 is 0 Å². The lowest BCUT2D eigenvalue weighted by atomic mass is 9.92. The molecule has 18 heavy (non-hydrogen) atoms. The second-order valence-corrected chi connectivity index (χ2v) is 5.23. The van der Waals surface area contributed by atoms with E-state index in [2.05, 4.69) is 5.10 Å². The molecule has 4 heteroatoms. The number of hydrogen-bond donors (Lipinski definition) is 1. The first-order valence-electron chi connectivity index (χ1n) is 6.37. The summed E-state index contributed by atoms with van der Waals surface area (Å²) in [4.78, 5) is 0. The van der Waals surface area contributed by atoms with E-state index in [1.165, 1.54) is 6.42 Å². The Morgan fingerprint density at radius 2 is 2.17 bits per heavy atom. The molecule has 1 N–H and O–H groups in total. The van der Waals surface area contributed by atoms with Gasteiger partial charge in [0.15, 0.2) is 0 Å². The van der Waals surface area contributed by atoms with E-state index in [1.54, 1.807) is 6.21 Å². The molecule has 0 aromatic heterocycles. The molecule has 1 fully saturated rings. The number of halogens is 1. The van der Waals surface area contributed by atoms with Crippen molar-refractivity contribution in [3.8, 4) is 0 Å². The van der Waals surface area contributed by atoms with Crippen LogP contribution >= 0.6 is 11.6 Å². The van der Waals surface area contributed by atoms with Crippen molar-refractivity contribution in [2.45, 2.75) is 37.8 Å². The topological polar surface area (TPSA) is 35.8 Å². The Morgan fingerprint density at radius 3 is 2.89 bits per heavy atom. The van der Waals surface area contributed by atoms with E-state index in [0.29, 0.717) is 5.02 Å². The van der Waals surface area contributed by atoms with Crippen LogP contribution < -0.4 is 0 Å². The Kier molecular flexibility index (Phi) is 4.61. The lowest BCUT2D eigenvalue weighted by molar-refractivity contribution is 0.0338. The average molecular weight is 267 g/mol. The highest BCUT2D eigenvalue weighted by Gasteiger charge is 2.25. The molecule has 0 bridgehead atoms. The van der Waals surface area contributed by atoms with Crippen molar-refractivity contribution in [2.24, 2.45) is 5.10 Å². The monoisotopic (exact) mass is 266 g/mol. The third kappa shape index (κ3) is 3.47. The van der Waals surface area contributed by atoms with Gasteiger partial charge in [-0.05, 0) is 30.5 Å². The molecule has 2 atom stereocenters. The van der Waals surface area contributed by atoms with Crippen molar-refractivity contribution in [2.75, 3.05) is 7.05 Å². The zero-order valence-corrected chi connectivity index (χ0v) is 11.3. The van der Waals surface area contributed by atoms with Gasteiger partial charge in [0.25, 0.3) is 0 Å². The van der Waals surface area contributed by atoms with Crippen molar-refractivity contribution in [1.82, 2.24) is 5.01 Å². The Hall–Kier alpha value is -1.06. The molecular formula is C14H19ClN2O. The predicted octanol–water partition coefficient (Wildman–Crippen LogP) is 2.91. The summed E-state index contributed by atoms with van der Waals surface area (Å²) in [5, 5.41) is 16.9. The van der Waals surface area contributed by atoms with Gasteiger partial charge in [-0.1, -0.05) is 36.6 Å². The number of likely N-dealkylation sites (N-methyl/N-ethyl adjacent to an activating group) is 1. The fraction of sp³-hybridized carbons (Fsp3) is 0.500.